The fourth-order valence-electron chi connectivity index (χ4n) is 1.96. The fourth-order valence-corrected chi connectivity index (χ4v) is 2.85. The third-order valence-electron chi connectivity index (χ3n) is 2.98. The summed E-state index contributed by atoms with van der Waals surface area (Å²) in [5.41, 5.74) is 1.73. The number of anilines is 1. The normalized spacial score (nSPS) is 12.7. The summed E-state index contributed by atoms with van der Waals surface area (Å²) in [7, 11) is 0. The second kappa shape index (κ2) is 6.19. The first-order chi connectivity index (χ1) is 10.3. The Bertz CT molecular complexity index is 723. The van der Waals surface area contributed by atoms with Gasteiger partial charge < -0.3 is 14.5 Å². The molecule has 0 aliphatic carbocycles. The molecule has 6 nitrogen and oxygen atoms in total. The number of hydrogen-bond acceptors (Lipinski definition) is 6. The molecule has 0 spiro atoms. The van der Waals surface area contributed by atoms with Gasteiger partial charge in [0.15, 0.2) is 10.8 Å². The van der Waals surface area contributed by atoms with Crippen molar-refractivity contribution in [2.24, 2.45) is 0 Å². The van der Waals surface area contributed by atoms with Crippen LogP contribution in [-0.4, -0.2) is 38.6 Å². The maximum atomic E-state index is 5.39. The van der Waals surface area contributed by atoms with Crippen LogP contribution < -0.4 is 5.32 Å². The van der Waals surface area contributed by atoms with Gasteiger partial charge in [0.05, 0.1) is 23.4 Å². The number of imidazole rings is 1. The number of fused-ring (bicyclic) bond motifs is 1. The molecular formula is C14H17N5OS. The molecule has 0 saturated carbocycles. The van der Waals surface area contributed by atoms with Crippen LogP contribution in [0.2, 0.25) is 0 Å². The molecule has 0 radical (unpaired) electrons. The Kier molecular flexibility index (Phi) is 4.12. The highest BCUT2D eigenvalue weighted by atomic mass is 32.1. The first-order valence-corrected chi connectivity index (χ1v) is 7.67. The summed E-state index contributed by atoms with van der Waals surface area (Å²) in [6.07, 6.45) is 9.23. The van der Waals surface area contributed by atoms with Crippen molar-refractivity contribution in [3.63, 3.8) is 0 Å². The number of nitrogens with zero attached hydrogens (tertiary/aromatic N) is 4. The number of hydrogen-bond donors (Lipinski definition) is 1. The Morgan fingerprint density at radius 1 is 1.33 bits per heavy atom. The van der Waals surface area contributed by atoms with E-state index in [1.807, 2.05) is 29.9 Å². The summed E-state index contributed by atoms with van der Waals surface area (Å²) >= 11 is 1.58. The number of aromatic nitrogens is 4. The van der Waals surface area contributed by atoms with Crippen LogP contribution >= 0.6 is 11.3 Å². The van der Waals surface area contributed by atoms with Crippen molar-refractivity contribution >= 4 is 22.1 Å². The average molecular weight is 303 g/mol. The third-order valence-corrected chi connectivity index (χ3v) is 3.93. The third kappa shape index (κ3) is 3.20. The lowest BCUT2D eigenvalue weighted by Gasteiger charge is -2.11. The van der Waals surface area contributed by atoms with Crippen molar-refractivity contribution in [3.05, 3.63) is 31.0 Å². The Morgan fingerprint density at radius 2 is 2.24 bits per heavy atom. The largest absolute Gasteiger partial charge is 0.380 e. The lowest BCUT2D eigenvalue weighted by Crippen LogP contribution is -2.21. The number of thiazole rings is 1. The molecule has 110 valence electrons. The van der Waals surface area contributed by atoms with Gasteiger partial charge in [-0.25, -0.2) is 15.0 Å². The van der Waals surface area contributed by atoms with Gasteiger partial charge in [0.1, 0.15) is 0 Å². The van der Waals surface area contributed by atoms with E-state index in [4.69, 9.17) is 4.74 Å². The first-order valence-electron chi connectivity index (χ1n) is 6.85. The maximum Gasteiger partial charge on any atom is 0.183 e. The molecule has 21 heavy (non-hydrogen) atoms. The highest BCUT2D eigenvalue weighted by molar-refractivity contribution is 7.18. The molecule has 0 amide bonds. The van der Waals surface area contributed by atoms with Crippen LogP contribution in [0.1, 0.15) is 13.8 Å². The molecule has 0 fully saturated rings. The topological polar surface area (TPSA) is 64.3 Å². The number of nitrogens with one attached hydrogen (secondary N) is 1. The molecule has 1 unspecified atom stereocenters. The van der Waals surface area contributed by atoms with Crippen molar-refractivity contribution in [1.82, 2.24) is 19.4 Å². The molecule has 0 aromatic carbocycles. The maximum absolute atomic E-state index is 5.39. The highest BCUT2D eigenvalue weighted by Gasteiger charge is 2.09. The number of ether oxygens (including phenoxy) is 1. The van der Waals surface area contributed by atoms with Gasteiger partial charge in [0, 0.05) is 37.4 Å². The van der Waals surface area contributed by atoms with Gasteiger partial charge in [0.2, 0.25) is 0 Å². The zero-order valence-corrected chi connectivity index (χ0v) is 12.8. The molecule has 1 N–H and O–H groups in total. The van der Waals surface area contributed by atoms with E-state index in [9.17, 15) is 0 Å². The lowest BCUT2D eigenvalue weighted by atomic mass is 10.4. The zero-order valence-electron chi connectivity index (χ0n) is 12.0. The monoisotopic (exact) mass is 303 g/mol. The summed E-state index contributed by atoms with van der Waals surface area (Å²) in [6, 6.07) is 0.230. The highest BCUT2D eigenvalue weighted by Crippen LogP contribution is 2.27. The van der Waals surface area contributed by atoms with E-state index < -0.39 is 0 Å². The Morgan fingerprint density at radius 3 is 3.10 bits per heavy atom. The van der Waals surface area contributed by atoms with E-state index in [0.717, 1.165) is 28.0 Å². The van der Waals surface area contributed by atoms with Crippen molar-refractivity contribution in [2.75, 3.05) is 18.5 Å². The van der Waals surface area contributed by atoms with Gasteiger partial charge in [-0.3, -0.25) is 0 Å². The second-order valence-corrected chi connectivity index (χ2v) is 5.73. The fraction of sp³-hybridized carbons (Fsp3) is 0.357. The van der Waals surface area contributed by atoms with Crippen LogP contribution in [0.15, 0.2) is 31.0 Å². The molecular weight excluding hydrogens is 286 g/mol. The lowest BCUT2D eigenvalue weighted by molar-refractivity contribution is 0.141. The van der Waals surface area contributed by atoms with E-state index in [-0.39, 0.29) is 6.04 Å². The van der Waals surface area contributed by atoms with Crippen molar-refractivity contribution in [1.29, 1.82) is 0 Å². The minimum absolute atomic E-state index is 0.230. The smallest absolute Gasteiger partial charge is 0.183 e. The SMILES string of the molecule is CCOCC(C)Nc1ncc(-c2cn3ccnc3cn2)s1. The van der Waals surface area contributed by atoms with Crippen LogP contribution in [0.4, 0.5) is 5.13 Å². The van der Waals surface area contributed by atoms with Crippen molar-refractivity contribution in [2.45, 2.75) is 19.9 Å². The minimum atomic E-state index is 0.230. The quantitative estimate of drug-likeness (QED) is 0.758. The van der Waals surface area contributed by atoms with Gasteiger partial charge in [-0.1, -0.05) is 11.3 Å². The van der Waals surface area contributed by atoms with Gasteiger partial charge in [-0.05, 0) is 13.8 Å². The van der Waals surface area contributed by atoms with Gasteiger partial charge in [-0.15, -0.1) is 0 Å². The van der Waals surface area contributed by atoms with Gasteiger partial charge in [0.25, 0.3) is 0 Å². The van der Waals surface area contributed by atoms with Gasteiger partial charge in [-0.2, -0.15) is 0 Å². The van der Waals surface area contributed by atoms with E-state index in [2.05, 4.69) is 27.2 Å². The van der Waals surface area contributed by atoms with Crippen LogP contribution in [0, 0.1) is 0 Å². The first kappa shape index (κ1) is 14.0. The number of rotatable bonds is 6. The Hall–Kier alpha value is -1.99. The van der Waals surface area contributed by atoms with Crippen molar-refractivity contribution in [3.8, 4) is 10.6 Å². The van der Waals surface area contributed by atoms with Crippen LogP contribution in [0.25, 0.3) is 16.2 Å². The molecule has 7 heteroatoms. The standard InChI is InChI=1S/C14H17N5OS/c1-3-20-9-10(2)18-14-17-6-12(21-14)11-8-19-5-4-15-13(19)7-16-11/h4-8,10H,3,9H2,1-2H3,(H,17,18). The van der Waals surface area contributed by atoms with E-state index in [1.54, 1.807) is 23.7 Å². The summed E-state index contributed by atoms with van der Waals surface area (Å²) in [6.45, 7) is 5.47. The summed E-state index contributed by atoms with van der Waals surface area (Å²) in [5.74, 6) is 0. The Balaban J connectivity index is 1.74. The van der Waals surface area contributed by atoms with Crippen LogP contribution in [0.3, 0.4) is 0 Å². The molecule has 0 saturated heterocycles. The minimum Gasteiger partial charge on any atom is -0.380 e. The average Bonchev–Trinajstić information content (AvgIpc) is 3.12. The molecule has 3 heterocycles. The molecule has 3 aromatic rings. The summed E-state index contributed by atoms with van der Waals surface area (Å²) in [5, 5.41) is 4.21. The molecule has 3 aromatic heterocycles. The van der Waals surface area contributed by atoms with E-state index in [1.165, 1.54) is 0 Å². The van der Waals surface area contributed by atoms with E-state index >= 15 is 0 Å². The second-order valence-electron chi connectivity index (χ2n) is 4.70. The van der Waals surface area contributed by atoms with Crippen LogP contribution in [-0.2, 0) is 4.74 Å². The predicted molar refractivity (Wildman–Crippen MR) is 83.7 cm³/mol. The predicted octanol–water partition coefficient (Wildman–Crippen LogP) is 2.69. The molecule has 3 rings (SSSR count). The van der Waals surface area contributed by atoms with Gasteiger partial charge >= 0.3 is 0 Å². The molecule has 0 aliphatic heterocycles. The molecule has 0 bridgehead atoms. The zero-order chi connectivity index (χ0) is 14.7. The Labute approximate surface area is 126 Å². The summed E-state index contributed by atoms with van der Waals surface area (Å²) in [4.78, 5) is 14.0. The molecule has 0 aliphatic rings. The van der Waals surface area contributed by atoms with Crippen molar-refractivity contribution < 1.29 is 4.74 Å². The van der Waals surface area contributed by atoms with E-state index in [0.29, 0.717) is 6.61 Å². The van der Waals surface area contributed by atoms with Crippen LogP contribution in [0.5, 0.6) is 0 Å². The summed E-state index contributed by atoms with van der Waals surface area (Å²) < 4.78 is 7.34. The molecule has 1 atom stereocenters.